The van der Waals surface area contributed by atoms with Crippen molar-refractivity contribution in [3.63, 3.8) is 0 Å². The molecule has 3 atom stereocenters. The molecule has 0 radical (unpaired) electrons. The number of fused-ring (bicyclic) bond motifs is 2. The largest absolute Gasteiger partial charge is 0.492 e. The SMILES string of the molecule is CCOc1ccccc1N(CC(=O)N[C@@H]1C[C@@H]2CC[C@@H]1C2)S(=O)(=O)c1ccc(SC)cc1. The van der Waals surface area contributed by atoms with Crippen molar-refractivity contribution in [2.75, 3.05) is 23.7 Å². The topological polar surface area (TPSA) is 75.7 Å². The minimum atomic E-state index is -3.98. The highest BCUT2D eigenvalue weighted by atomic mass is 32.2. The number of nitrogens with one attached hydrogen (secondary N) is 1. The number of benzene rings is 2. The van der Waals surface area contributed by atoms with Gasteiger partial charge in [-0.2, -0.15) is 0 Å². The molecule has 0 unspecified atom stereocenters. The molecule has 0 heterocycles. The summed E-state index contributed by atoms with van der Waals surface area (Å²) in [5.41, 5.74) is 0.367. The van der Waals surface area contributed by atoms with Gasteiger partial charge in [0.05, 0.1) is 17.2 Å². The monoisotopic (exact) mass is 474 g/mol. The summed E-state index contributed by atoms with van der Waals surface area (Å²) in [5.74, 6) is 1.37. The Morgan fingerprint density at radius 1 is 1.12 bits per heavy atom. The zero-order valence-electron chi connectivity index (χ0n) is 18.5. The minimum absolute atomic E-state index is 0.147. The highest BCUT2D eigenvalue weighted by Crippen LogP contribution is 2.44. The lowest BCUT2D eigenvalue weighted by Gasteiger charge is -2.28. The zero-order valence-corrected chi connectivity index (χ0v) is 20.1. The van der Waals surface area contributed by atoms with Crippen molar-refractivity contribution in [2.45, 2.75) is 48.4 Å². The van der Waals surface area contributed by atoms with E-state index in [2.05, 4.69) is 5.32 Å². The fourth-order valence-electron chi connectivity index (χ4n) is 4.92. The second-order valence-electron chi connectivity index (χ2n) is 8.44. The summed E-state index contributed by atoms with van der Waals surface area (Å²) in [5, 5.41) is 3.11. The molecule has 1 N–H and O–H groups in total. The molecule has 8 heteroatoms. The Morgan fingerprint density at radius 3 is 2.50 bits per heavy atom. The number of nitrogens with zero attached hydrogens (tertiary/aromatic N) is 1. The maximum Gasteiger partial charge on any atom is 0.264 e. The predicted molar refractivity (Wildman–Crippen MR) is 128 cm³/mol. The summed E-state index contributed by atoms with van der Waals surface area (Å²) in [6, 6.07) is 13.8. The number of sulfonamides is 1. The van der Waals surface area contributed by atoms with Crippen LogP contribution in [0.15, 0.2) is 58.3 Å². The Balaban J connectivity index is 1.64. The number of ether oxygens (including phenoxy) is 1. The van der Waals surface area contributed by atoms with Gasteiger partial charge in [0.15, 0.2) is 0 Å². The van der Waals surface area contributed by atoms with Crippen molar-refractivity contribution >= 4 is 33.4 Å². The number of carbonyl (C=O) groups excluding carboxylic acids is 1. The molecule has 4 rings (SSSR count). The second kappa shape index (κ2) is 9.75. The number of carbonyl (C=O) groups is 1. The van der Waals surface area contributed by atoms with Gasteiger partial charge in [0.1, 0.15) is 12.3 Å². The number of anilines is 1. The first-order valence-electron chi connectivity index (χ1n) is 11.1. The van der Waals surface area contributed by atoms with Gasteiger partial charge in [-0.3, -0.25) is 9.10 Å². The van der Waals surface area contributed by atoms with Crippen molar-refractivity contribution in [3.05, 3.63) is 48.5 Å². The molecule has 32 heavy (non-hydrogen) atoms. The third-order valence-electron chi connectivity index (χ3n) is 6.45. The van der Waals surface area contributed by atoms with Crippen LogP contribution < -0.4 is 14.4 Å². The van der Waals surface area contributed by atoms with E-state index in [1.165, 1.54) is 17.1 Å². The van der Waals surface area contributed by atoms with E-state index in [-0.39, 0.29) is 23.4 Å². The predicted octanol–water partition coefficient (Wildman–Crippen LogP) is 4.31. The summed E-state index contributed by atoms with van der Waals surface area (Å²) >= 11 is 1.54. The first kappa shape index (κ1) is 23.0. The van der Waals surface area contributed by atoms with E-state index >= 15 is 0 Å². The van der Waals surface area contributed by atoms with Gasteiger partial charge in [0.2, 0.25) is 5.91 Å². The Labute approximate surface area is 194 Å². The summed E-state index contributed by atoms with van der Waals surface area (Å²) < 4.78 is 34.2. The molecule has 2 bridgehead atoms. The van der Waals surface area contributed by atoms with Gasteiger partial charge < -0.3 is 10.1 Å². The minimum Gasteiger partial charge on any atom is -0.492 e. The average molecular weight is 475 g/mol. The molecule has 0 saturated heterocycles. The smallest absolute Gasteiger partial charge is 0.264 e. The van der Waals surface area contributed by atoms with Crippen LogP contribution in [0.1, 0.15) is 32.6 Å². The van der Waals surface area contributed by atoms with Gasteiger partial charge in [0.25, 0.3) is 10.0 Å². The lowest BCUT2D eigenvalue weighted by atomic mass is 9.95. The fourth-order valence-corrected chi connectivity index (χ4v) is 6.76. The van der Waals surface area contributed by atoms with E-state index in [4.69, 9.17) is 4.74 Å². The van der Waals surface area contributed by atoms with E-state index in [0.29, 0.717) is 29.9 Å². The zero-order chi connectivity index (χ0) is 22.7. The quantitative estimate of drug-likeness (QED) is 0.548. The van der Waals surface area contributed by atoms with Gasteiger partial charge in [-0.1, -0.05) is 18.6 Å². The number of thioether (sulfide) groups is 1. The summed E-state index contributed by atoms with van der Waals surface area (Å²) in [6.45, 7) is 1.95. The fraction of sp³-hybridized carbons (Fsp3) is 0.458. The van der Waals surface area contributed by atoms with Crippen LogP contribution in [0.4, 0.5) is 5.69 Å². The van der Waals surface area contributed by atoms with E-state index in [1.807, 2.05) is 13.2 Å². The molecule has 0 aromatic heterocycles. The third-order valence-corrected chi connectivity index (χ3v) is 8.97. The molecular formula is C24H30N2O4S2. The number of hydrogen-bond donors (Lipinski definition) is 1. The van der Waals surface area contributed by atoms with E-state index < -0.39 is 10.0 Å². The maximum absolute atomic E-state index is 13.7. The number of para-hydroxylation sites is 2. The molecule has 172 valence electrons. The second-order valence-corrected chi connectivity index (χ2v) is 11.2. The van der Waals surface area contributed by atoms with Crippen LogP contribution in [0.3, 0.4) is 0 Å². The van der Waals surface area contributed by atoms with E-state index in [1.54, 1.807) is 60.3 Å². The lowest BCUT2D eigenvalue weighted by molar-refractivity contribution is -0.120. The molecule has 2 aromatic carbocycles. The van der Waals surface area contributed by atoms with Gasteiger partial charge in [-0.25, -0.2) is 8.42 Å². The molecule has 6 nitrogen and oxygen atoms in total. The summed E-state index contributed by atoms with van der Waals surface area (Å²) in [7, 11) is -3.98. The molecule has 2 aromatic rings. The van der Waals surface area contributed by atoms with Crippen molar-refractivity contribution in [1.29, 1.82) is 0 Å². The maximum atomic E-state index is 13.7. The Hall–Kier alpha value is -2.19. The molecule has 0 aliphatic heterocycles. The summed E-state index contributed by atoms with van der Waals surface area (Å²) in [6.07, 6.45) is 6.49. The lowest BCUT2D eigenvalue weighted by Crippen LogP contribution is -2.46. The molecule has 1 amide bonds. The standard InChI is InChI=1S/C24H30N2O4S2/c1-3-30-23-7-5-4-6-22(23)26(32(28,29)20-12-10-19(31-2)11-13-20)16-24(27)25-21-15-17-8-9-18(21)14-17/h4-7,10-13,17-18,21H,3,8-9,14-16H2,1-2H3,(H,25,27)/t17-,18-,21-/m1/s1. The highest BCUT2D eigenvalue weighted by molar-refractivity contribution is 7.98. The van der Waals surface area contributed by atoms with Crippen molar-refractivity contribution < 1.29 is 17.9 Å². The van der Waals surface area contributed by atoms with Crippen LogP contribution in [-0.4, -0.2) is 39.8 Å². The van der Waals surface area contributed by atoms with Gasteiger partial charge in [-0.05, 0) is 80.7 Å². The number of amides is 1. The van der Waals surface area contributed by atoms with Crippen molar-refractivity contribution in [1.82, 2.24) is 5.32 Å². The van der Waals surface area contributed by atoms with Crippen LogP contribution in [0.25, 0.3) is 0 Å². The van der Waals surface area contributed by atoms with Crippen LogP contribution in [0.5, 0.6) is 5.75 Å². The molecule has 0 spiro atoms. The molecule has 2 saturated carbocycles. The van der Waals surface area contributed by atoms with Crippen LogP contribution in [-0.2, 0) is 14.8 Å². The Kier molecular flexibility index (Phi) is 7.00. The molecule has 2 fully saturated rings. The normalized spacial score (nSPS) is 22.0. The van der Waals surface area contributed by atoms with E-state index in [0.717, 1.165) is 17.7 Å². The molecular weight excluding hydrogens is 444 g/mol. The first-order chi connectivity index (χ1) is 15.4. The van der Waals surface area contributed by atoms with Crippen molar-refractivity contribution in [3.8, 4) is 5.75 Å². The number of rotatable bonds is 9. The van der Waals surface area contributed by atoms with Crippen LogP contribution in [0.2, 0.25) is 0 Å². The van der Waals surface area contributed by atoms with E-state index in [9.17, 15) is 13.2 Å². The average Bonchev–Trinajstić information content (AvgIpc) is 3.41. The molecule has 2 aliphatic rings. The third kappa shape index (κ3) is 4.76. The first-order valence-corrected chi connectivity index (χ1v) is 13.8. The van der Waals surface area contributed by atoms with Gasteiger partial charge in [0, 0.05) is 10.9 Å². The van der Waals surface area contributed by atoms with Crippen LogP contribution >= 0.6 is 11.8 Å². The van der Waals surface area contributed by atoms with Gasteiger partial charge in [-0.15, -0.1) is 11.8 Å². The Bertz CT molecular complexity index is 1060. The molecule has 2 aliphatic carbocycles. The van der Waals surface area contributed by atoms with Crippen molar-refractivity contribution in [2.24, 2.45) is 11.8 Å². The summed E-state index contributed by atoms with van der Waals surface area (Å²) in [4.78, 5) is 14.2. The van der Waals surface area contributed by atoms with Crippen LogP contribution in [0, 0.1) is 11.8 Å². The Morgan fingerprint density at radius 2 is 1.88 bits per heavy atom. The number of hydrogen-bond acceptors (Lipinski definition) is 5. The highest BCUT2D eigenvalue weighted by Gasteiger charge is 2.40. The van der Waals surface area contributed by atoms with Gasteiger partial charge >= 0.3 is 0 Å².